The van der Waals surface area contributed by atoms with Gasteiger partial charge in [-0.3, -0.25) is 9.59 Å². The summed E-state index contributed by atoms with van der Waals surface area (Å²) in [5.74, 6) is -1.23. The van der Waals surface area contributed by atoms with Crippen molar-refractivity contribution in [3.05, 3.63) is 0 Å². The van der Waals surface area contributed by atoms with Gasteiger partial charge in [0.2, 0.25) is 0 Å². The Kier molecular flexibility index (Phi) is 4.81. The zero-order chi connectivity index (χ0) is 9.07. The van der Waals surface area contributed by atoms with E-state index in [-0.39, 0.29) is 18.6 Å². The second-order valence-electron chi connectivity index (χ2n) is 1.81. The molecule has 3 nitrogen and oxygen atoms in total. The van der Waals surface area contributed by atoms with Crippen molar-refractivity contribution in [1.82, 2.24) is 0 Å². The molecule has 0 aromatic rings. The van der Waals surface area contributed by atoms with Gasteiger partial charge in [-0.15, -0.1) is 0 Å². The monoisotopic (exact) mass is 350 g/mol. The number of rotatable bonds is 3. The SMILES string of the molecule is O=C(O)CCC(=O)C(Br)(Br)Br. The van der Waals surface area contributed by atoms with Gasteiger partial charge in [0.05, 0.1) is 6.42 Å². The van der Waals surface area contributed by atoms with E-state index in [1.165, 1.54) is 0 Å². The zero-order valence-electron chi connectivity index (χ0n) is 5.31. The normalized spacial score (nSPS) is 11.2. The van der Waals surface area contributed by atoms with Gasteiger partial charge in [0.1, 0.15) is 0 Å². The molecule has 0 spiro atoms. The highest BCUT2D eigenvalue weighted by Gasteiger charge is 2.27. The van der Waals surface area contributed by atoms with Crippen LogP contribution >= 0.6 is 47.8 Å². The number of carboxylic acids is 1. The summed E-state index contributed by atoms with van der Waals surface area (Å²) in [5, 5.41) is 8.23. The molecule has 11 heavy (non-hydrogen) atoms. The highest BCUT2D eigenvalue weighted by atomic mass is 80.0. The summed E-state index contributed by atoms with van der Waals surface area (Å²) in [4.78, 5) is 21.0. The lowest BCUT2D eigenvalue weighted by atomic mass is 10.2. The molecule has 0 heterocycles. The lowest BCUT2D eigenvalue weighted by Gasteiger charge is -2.08. The Bertz CT molecular complexity index is 172. The van der Waals surface area contributed by atoms with Crippen molar-refractivity contribution in [1.29, 1.82) is 0 Å². The van der Waals surface area contributed by atoms with Gasteiger partial charge in [0.25, 0.3) is 0 Å². The van der Waals surface area contributed by atoms with E-state index < -0.39 is 8.11 Å². The third-order valence-electron chi connectivity index (χ3n) is 0.882. The second-order valence-corrected chi connectivity index (χ2v) is 8.58. The molecule has 0 rings (SSSR count). The molecule has 0 fully saturated rings. The molecular formula is C5H5Br3O3. The average molecular weight is 353 g/mol. The van der Waals surface area contributed by atoms with Crippen LogP contribution in [0.5, 0.6) is 0 Å². The Balaban J connectivity index is 3.80. The fourth-order valence-corrected chi connectivity index (χ4v) is 0.957. The van der Waals surface area contributed by atoms with E-state index in [1.54, 1.807) is 0 Å². The van der Waals surface area contributed by atoms with Crippen LogP contribution in [0.1, 0.15) is 12.8 Å². The molecule has 0 aromatic carbocycles. The number of carbonyl (C=O) groups excluding carboxylic acids is 1. The molecule has 0 atom stereocenters. The lowest BCUT2D eigenvalue weighted by molar-refractivity contribution is -0.138. The van der Waals surface area contributed by atoms with Gasteiger partial charge >= 0.3 is 5.97 Å². The summed E-state index contributed by atoms with van der Waals surface area (Å²) in [5.41, 5.74) is 0. The molecule has 0 amide bonds. The van der Waals surface area contributed by atoms with Crippen molar-refractivity contribution < 1.29 is 14.7 Å². The van der Waals surface area contributed by atoms with E-state index in [4.69, 9.17) is 5.11 Å². The number of hydrogen-bond acceptors (Lipinski definition) is 2. The van der Waals surface area contributed by atoms with E-state index in [0.29, 0.717) is 0 Å². The van der Waals surface area contributed by atoms with Gasteiger partial charge in [-0.05, 0) is 0 Å². The molecule has 6 heteroatoms. The van der Waals surface area contributed by atoms with Crippen LogP contribution in [0, 0.1) is 0 Å². The topological polar surface area (TPSA) is 54.4 Å². The molecular weight excluding hydrogens is 348 g/mol. The Morgan fingerprint density at radius 3 is 1.91 bits per heavy atom. The fourth-order valence-electron chi connectivity index (χ4n) is 0.362. The van der Waals surface area contributed by atoms with E-state index in [2.05, 4.69) is 47.8 Å². The molecule has 0 aromatic heterocycles. The van der Waals surface area contributed by atoms with Gasteiger partial charge in [0, 0.05) is 6.42 Å². The first-order valence-electron chi connectivity index (χ1n) is 2.66. The third kappa shape index (κ3) is 5.81. The van der Waals surface area contributed by atoms with Crippen molar-refractivity contribution in [3.8, 4) is 0 Å². The van der Waals surface area contributed by atoms with Crippen molar-refractivity contribution in [2.45, 2.75) is 15.0 Å². The van der Waals surface area contributed by atoms with Crippen LogP contribution < -0.4 is 0 Å². The van der Waals surface area contributed by atoms with Crippen molar-refractivity contribution in [2.24, 2.45) is 0 Å². The van der Waals surface area contributed by atoms with Gasteiger partial charge in [0.15, 0.2) is 7.93 Å². The van der Waals surface area contributed by atoms with Crippen LogP contribution in [0.2, 0.25) is 0 Å². The molecule has 0 saturated carbocycles. The maximum atomic E-state index is 11.0. The molecule has 1 N–H and O–H groups in total. The quantitative estimate of drug-likeness (QED) is 0.793. The zero-order valence-corrected chi connectivity index (χ0v) is 10.1. The van der Waals surface area contributed by atoms with Crippen LogP contribution in [0.25, 0.3) is 0 Å². The van der Waals surface area contributed by atoms with E-state index in [0.717, 1.165) is 0 Å². The standard InChI is InChI=1S/C5H5Br3O3/c6-5(7,8)3(9)1-2-4(10)11/h1-2H2,(H,10,11). The molecule has 0 saturated heterocycles. The van der Waals surface area contributed by atoms with E-state index in [1.807, 2.05) is 0 Å². The maximum Gasteiger partial charge on any atom is 0.303 e. The summed E-state index contributed by atoms with van der Waals surface area (Å²) < 4.78 is -0.970. The van der Waals surface area contributed by atoms with Gasteiger partial charge in [-0.2, -0.15) is 0 Å². The molecule has 0 radical (unpaired) electrons. The fraction of sp³-hybridized carbons (Fsp3) is 0.600. The van der Waals surface area contributed by atoms with Gasteiger partial charge < -0.3 is 5.11 Å². The number of hydrogen-bond donors (Lipinski definition) is 1. The van der Waals surface area contributed by atoms with Crippen molar-refractivity contribution in [2.75, 3.05) is 0 Å². The highest BCUT2D eigenvalue weighted by molar-refractivity contribution is 9.40. The molecule has 0 unspecified atom stereocenters. The largest absolute Gasteiger partial charge is 0.481 e. The first-order valence-corrected chi connectivity index (χ1v) is 5.03. The van der Waals surface area contributed by atoms with E-state index in [9.17, 15) is 9.59 Å². The minimum atomic E-state index is -0.977. The van der Waals surface area contributed by atoms with Gasteiger partial charge in [-0.25, -0.2) is 0 Å². The summed E-state index contributed by atoms with van der Waals surface area (Å²) in [6.07, 6.45) is -0.152. The Morgan fingerprint density at radius 1 is 1.18 bits per heavy atom. The van der Waals surface area contributed by atoms with Crippen LogP contribution in [-0.2, 0) is 9.59 Å². The summed E-state index contributed by atoms with van der Waals surface area (Å²) in [6.45, 7) is 0. The smallest absolute Gasteiger partial charge is 0.303 e. The second kappa shape index (κ2) is 4.57. The number of carboxylic acid groups (broad SMARTS) is 1. The Morgan fingerprint density at radius 2 is 1.64 bits per heavy atom. The highest BCUT2D eigenvalue weighted by Crippen LogP contribution is 2.35. The summed E-state index contributed by atoms with van der Waals surface area (Å²) in [7, 11) is 0. The minimum Gasteiger partial charge on any atom is -0.481 e. The summed E-state index contributed by atoms with van der Waals surface area (Å²) in [6, 6.07) is 0. The molecule has 0 aliphatic heterocycles. The first kappa shape index (κ1) is 11.6. The van der Waals surface area contributed by atoms with Crippen LogP contribution in [0.15, 0.2) is 0 Å². The van der Waals surface area contributed by atoms with Crippen molar-refractivity contribution in [3.63, 3.8) is 0 Å². The number of halogens is 3. The van der Waals surface area contributed by atoms with Crippen molar-refractivity contribution >= 4 is 59.5 Å². The number of Topliss-reactive ketones (excluding diaryl/α,β-unsaturated/α-hetero) is 1. The first-order chi connectivity index (χ1) is 4.84. The molecule has 0 aliphatic carbocycles. The number of ketones is 1. The predicted molar refractivity (Wildman–Crippen MR) is 51.4 cm³/mol. The van der Waals surface area contributed by atoms with Crippen LogP contribution in [0.4, 0.5) is 0 Å². The Labute approximate surface area is 88.9 Å². The number of aliphatic carboxylic acids is 1. The molecule has 0 aliphatic rings. The third-order valence-corrected chi connectivity index (χ3v) is 2.21. The lowest BCUT2D eigenvalue weighted by Crippen LogP contribution is -2.17. The molecule has 0 bridgehead atoms. The summed E-state index contributed by atoms with van der Waals surface area (Å²) >= 11 is 8.95. The van der Waals surface area contributed by atoms with Gasteiger partial charge in [-0.1, -0.05) is 47.8 Å². The Hall–Kier alpha value is 0.580. The predicted octanol–water partition coefficient (Wildman–Crippen LogP) is 2.26. The van der Waals surface area contributed by atoms with E-state index >= 15 is 0 Å². The maximum absolute atomic E-state index is 11.0. The number of carbonyl (C=O) groups is 2. The van der Waals surface area contributed by atoms with Crippen LogP contribution in [0.3, 0.4) is 0 Å². The minimum absolute atomic E-state index is 0.00289. The molecule has 64 valence electrons. The number of alkyl halides is 3. The van der Waals surface area contributed by atoms with Crippen LogP contribution in [-0.4, -0.2) is 19.0 Å². The average Bonchev–Trinajstić information content (AvgIpc) is 1.80.